The summed E-state index contributed by atoms with van der Waals surface area (Å²) in [5.41, 5.74) is 5.16. The van der Waals surface area contributed by atoms with E-state index < -0.39 is 0 Å². The lowest BCUT2D eigenvalue weighted by molar-refractivity contribution is 0.0955. The highest BCUT2D eigenvalue weighted by Crippen LogP contribution is 2.34. The SMILES string of the molecule is CCOc1cc(/C=N\NC(=O)c2ccc(N3CCCC3)cc2)cc(I)c1OC(C)C. The summed E-state index contributed by atoms with van der Waals surface area (Å²) in [4.78, 5) is 14.7. The molecule has 1 aliphatic heterocycles. The zero-order chi connectivity index (χ0) is 21.5. The number of hydrazone groups is 1. The smallest absolute Gasteiger partial charge is 0.271 e. The van der Waals surface area contributed by atoms with Crippen molar-refractivity contribution in [2.45, 2.75) is 39.7 Å². The third-order valence-corrected chi connectivity index (χ3v) is 5.47. The number of amides is 1. The summed E-state index contributed by atoms with van der Waals surface area (Å²) in [5.74, 6) is 1.16. The number of nitrogens with zero attached hydrogens (tertiary/aromatic N) is 2. The van der Waals surface area contributed by atoms with Gasteiger partial charge in [-0.2, -0.15) is 5.10 Å². The van der Waals surface area contributed by atoms with Crippen molar-refractivity contribution in [3.63, 3.8) is 0 Å². The van der Waals surface area contributed by atoms with Crippen LogP contribution in [0.1, 0.15) is 49.5 Å². The number of carbonyl (C=O) groups is 1. The van der Waals surface area contributed by atoms with Crippen molar-refractivity contribution in [1.29, 1.82) is 0 Å². The Hall–Kier alpha value is -2.29. The monoisotopic (exact) mass is 521 g/mol. The highest BCUT2D eigenvalue weighted by atomic mass is 127. The van der Waals surface area contributed by atoms with Gasteiger partial charge in [-0.25, -0.2) is 5.43 Å². The Bertz CT molecular complexity index is 891. The number of carbonyl (C=O) groups excluding carboxylic acids is 1. The van der Waals surface area contributed by atoms with Crippen molar-refractivity contribution in [2.75, 3.05) is 24.6 Å². The van der Waals surface area contributed by atoms with Crippen LogP contribution >= 0.6 is 22.6 Å². The maximum Gasteiger partial charge on any atom is 0.271 e. The molecule has 2 aromatic carbocycles. The van der Waals surface area contributed by atoms with Gasteiger partial charge >= 0.3 is 0 Å². The molecule has 0 unspecified atom stereocenters. The molecule has 0 aliphatic carbocycles. The van der Waals surface area contributed by atoms with E-state index in [9.17, 15) is 4.79 Å². The number of benzene rings is 2. The molecule has 0 aromatic heterocycles. The highest BCUT2D eigenvalue weighted by molar-refractivity contribution is 14.1. The van der Waals surface area contributed by atoms with Gasteiger partial charge in [0.05, 0.1) is 22.5 Å². The molecular weight excluding hydrogens is 493 g/mol. The summed E-state index contributed by atoms with van der Waals surface area (Å²) < 4.78 is 12.5. The topological polar surface area (TPSA) is 63.2 Å². The molecule has 0 atom stereocenters. The van der Waals surface area contributed by atoms with Crippen LogP contribution in [0.5, 0.6) is 11.5 Å². The van der Waals surface area contributed by atoms with Gasteiger partial charge in [-0.05, 0) is 98.2 Å². The van der Waals surface area contributed by atoms with E-state index >= 15 is 0 Å². The Morgan fingerprint density at radius 2 is 1.93 bits per heavy atom. The van der Waals surface area contributed by atoms with Crippen molar-refractivity contribution in [3.05, 3.63) is 51.1 Å². The second-order valence-corrected chi connectivity index (χ2v) is 8.53. The van der Waals surface area contributed by atoms with Gasteiger partial charge in [0, 0.05) is 24.3 Å². The first-order valence-corrected chi connectivity index (χ1v) is 11.4. The fraction of sp³-hybridized carbons (Fsp3) is 0.391. The summed E-state index contributed by atoms with van der Waals surface area (Å²) in [5, 5.41) is 4.12. The molecule has 7 heteroatoms. The van der Waals surface area contributed by atoms with Crippen LogP contribution in [0.3, 0.4) is 0 Å². The molecular formula is C23H28IN3O3. The Balaban J connectivity index is 1.66. The Labute approximate surface area is 191 Å². The molecule has 1 amide bonds. The number of rotatable bonds is 8. The molecule has 3 rings (SSSR count). The molecule has 1 aliphatic rings. The van der Waals surface area contributed by atoms with Crippen molar-refractivity contribution < 1.29 is 14.3 Å². The van der Waals surface area contributed by atoms with E-state index in [0.29, 0.717) is 17.9 Å². The Kier molecular flexibility index (Phi) is 7.95. The summed E-state index contributed by atoms with van der Waals surface area (Å²) in [6, 6.07) is 11.5. The van der Waals surface area contributed by atoms with Crippen LogP contribution < -0.4 is 19.8 Å². The minimum Gasteiger partial charge on any atom is -0.490 e. The minimum absolute atomic E-state index is 0.0494. The largest absolute Gasteiger partial charge is 0.490 e. The van der Waals surface area contributed by atoms with Gasteiger partial charge in [-0.3, -0.25) is 4.79 Å². The van der Waals surface area contributed by atoms with Gasteiger partial charge in [0.25, 0.3) is 5.91 Å². The van der Waals surface area contributed by atoms with E-state index in [1.165, 1.54) is 12.8 Å². The molecule has 30 heavy (non-hydrogen) atoms. The lowest BCUT2D eigenvalue weighted by Gasteiger charge is -2.17. The molecule has 0 spiro atoms. The van der Waals surface area contributed by atoms with E-state index in [1.807, 2.05) is 57.2 Å². The molecule has 2 aromatic rings. The summed E-state index contributed by atoms with van der Waals surface area (Å²) >= 11 is 2.22. The van der Waals surface area contributed by atoms with E-state index in [1.54, 1.807) is 6.21 Å². The third kappa shape index (κ3) is 5.87. The van der Waals surface area contributed by atoms with E-state index in [2.05, 4.69) is 38.0 Å². The number of hydrogen-bond acceptors (Lipinski definition) is 5. The standard InChI is InChI=1S/C23H28IN3O3/c1-4-29-21-14-17(13-20(24)22(21)30-16(2)3)15-25-26-23(28)18-7-9-19(10-8-18)27-11-5-6-12-27/h7-10,13-16H,4-6,11-12H2,1-3H3,(H,26,28)/b25-15-. The summed E-state index contributed by atoms with van der Waals surface area (Å²) in [7, 11) is 0. The molecule has 1 N–H and O–H groups in total. The molecule has 1 saturated heterocycles. The highest BCUT2D eigenvalue weighted by Gasteiger charge is 2.14. The normalized spacial score (nSPS) is 13.8. The summed E-state index contributed by atoms with van der Waals surface area (Å²) in [6.45, 7) is 8.60. The molecule has 1 fully saturated rings. The first kappa shape index (κ1) is 22.4. The van der Waals surface area contributed by atoms with Crippen LogP contribution in [0.4, 0.5) is 5.69 Å². The predicted molar refractivity (Wildman–Crippen MR) is 129 cm³/mol. The minimum atomic E-state index is -0.237. The number of nitrogens with one attached hydrogen (secondary N) is 1. The van der Waals surface area contributed by atoms with Crippen LogP contribution in [0.25, 0.3) is 0 Å². The lowest BCUT2D eigenvalue weighted by atomic mass is 10.2. The van der Waals surface area contributed by atoms with Crippen molar-refractivity contribution in [3.8, 4) is 11.5 Å². The van der Waals surface area contributed by atoms with Gasteiger partial charge in [-0.1, -0.05) is 0 Å². The number of hydrogen-bond donors (Lipinski definition) is 1. The van der Waals surface area contributed by atoms with Crippen molar-refractivity contribution >= 4 is 40.4 Å². The average Bonchev–Trinajstić information content (AvgIpc) is 3.25. The van der Waals surface area contributed by atoms with E-state index in [-0.39, 0.29) is 12.0 Å². The van der Waals surface area contributed by atoms with Crippen LogP contribution in [-0.4, -0.2) is 37.9 Å². The molecule has 0 saturated carbocycles. The molecule has 160 valence electrons. The van der Waals surface area contributed by atoms with Crippen LogP contribution in [-0.2, 0) is 0 Å². The number of anilines is 1. The van der Waals surface area contributed by atoms with Gasteiger partial charge in [0.15, 0.2) is 11.5 Å². The number of halogens is 1. The first-order chi connectivity index (χ1) is 14.5. The van der Waals surface area contributed by atoms with Crippen LogP contribution in [0.15, 0.2) is 41.5 Å². The van der Waals surface area contributed by atoms with Gasteiger partial charge in [0.2, 0.25) is 0 Å². The first-order valence-electron chi connectivity index (χ1n) is 10.3. The fourth-order valence-electron chi connectivity index (χ4n) is 3.30. The molecule has 6 nitrogen and oxygen atoms in total. The predicted octanol–water partition coefficient (Wildman–Crippen LogP) is 4.84. The molecule has 0 radical (unpaired) electrons. The zero-order valence-electron chi connectivity index (χ0n) is 17.7. The van der Waals surface area contributed by atoms with E-state index in [0.717, 1.165) is 33.7 Å². The number of ether oxygens (including phenoxy) is 2. The van der Waals surface area contributed by atoms with Crippen molar-refractivity contribution in [2.24, 2.45) is 5.10 Å². The zero-order valence-corrected chi connectivity index (χ0v) is 19.8. The average molecular weight is 521 g/mol. The quantitative estimate of drug-likeness (QED) is 0.307. The second-order valence-electron chi connectivity index (χ2n) is 7.37. The van der Waals surface area contributed by atoms with Gasteiger partial charge in [-0.15, -0.1) is 0 Å². The van der Waals surface area contributed by atoms with Gasteiger partial charge < -0.3 is 14.4 Å². The Morgan fingerprint density at radius 3 is 2.57 bits per heavy atom. The molecule has 0 bridgehead atoms. The van der Waals surface area contributed by atoms with E-state index in [4.69, 9.17) is 9.47 Å². The van der Waals surface area contributed by atoms with Crippen molar-refractivity contribution in [1.82, 2.24) is 5.43 Å². The van der Waals surface area contributed by atoms with Crippen LogP contribution in [0.2, 0.25) is 0 Å². The second kappa shape index (κ2) is 10.7. The third-order valence-electron chi connectivity index (χ3n) is 4.67. The fourth-order valence-corrected chi connectivity index (χ4v) is 4.06. The molecule has 1 heterocycles. The summed E-state index contributed by atoms with van der Waals surface area (Å²) in [6.07, 6.45) is 4.12. The maximum atomic E-state index is 12.4. The maximum absolute atomic E-state index is 12.4. The lowest BCUT2D eigenvalue weighted by Crippen LogP contribution is -2.19. The Morgan fingerprint density at radius 1 is 1.23 bits per heavy atom. The van der Waals surface area contributed by atoms with Crippen LogP contribution in [0, 0.1) is 3.57 Å². The van der Waals surface area contributed by atoms with Gasteiger partial charge in [0.1, 0.15) is 0 Å².